The standard InChI is InChI=1S/C14H19F3N4O6/c15-14(16,17)12(25)19-3-1-2-6-4-21(13(26)20-10(6)18)11-9(24)8(23)7(5-22)27-11/h4,7-9,11,22-24H,1-3,5H2,(H,19,25)(H2,18,20,26)/t7-,8+,9?,11-/m1/s1. The molecule has 1 fully saturated rings. The fourth-order valence-corrected chi connectivity index (χ4v) is 2.59. The van der Waals surface area contributed by atoms with Gasteiger partial charge in [-0.15, -0.1) is 0 Å². The zero-order valence-corrected chi connectivity index (χ0v) is 13.9. The summed E-state index contributed by atoms with van der Waals surface area (Å²) in [4.78, 5) is 26.3. The number of aliphatic hydroxyl groups excluding tert-OH is 3. The summed E-state index contributed by atoms with van der Waals surface area (Å²) in [6.07, 6.45) is -8.98. The lowest BCUT2D eigenvalue weighted by atomic mass is 10.1. The Balaban J connectivity index is 2.08. The van der Waals surface area contributed by atoms with E-state index < -0.39 is 48.9 Å². The maximum absolute atomic E-state index is 12.1. The van der Waals surface area contributed by atoms with Crippen LogP contribution >= 0.6 is 0 Å². The molecule has 27 heavy (non-hydrogen) atoms. The van der Waals surface area contributed by atoms with E-state index in [1.165, 1.54) is 6.20 Å². The molecule has 2 rings (SSSR count). The topological polar surface area (TPSA) is 160 Å². The van der Waals surface area contributed by atoms with Gasteiger partial charge in [-0.3, -0.25) is 9.36 Å². The van der Waals surface area contributed by atoms with Gasteiger partial charge in [0.1, 0.15) is 24.1 Å². The van der Waals surface area contributed by atoms with Crippen molar-refractivity contribution in [3.8, 4) is 0 Å². The number of alkyl halides is 3. The first-order valence-corrected chi connectivity index (χ1v) is 7.91. The quantitative estimate of drug-likeness (QED) is 0.347. The second-order valence-corrected chi connectivity index (χ2v) is 5.93. The van der Waals surface area contributed by atoms with E-state index in [0.29, 0.717) is 0 Å². The van der Waals surface area contributed by atoms with Crippen LogP contribution in [0.2, 0.25) is 0 Å². The predicted molar refractivity (Wildman–Crippen MR) is 83.3 cm³/mol. The SMILES string of the molecule is Nc1nc(=O)n([C@@H]2O[C@H](CO)[C@H](O)C2O)cc1CCCNC(=O)C(F)(F)F. The van der Waals surface area contributed by atoms with Gasteiger partial charge in [0.25, 0.3) is 0 Å². The molecule has 0 radical (unpaired) electrons. The summed E-state index contributed by atoms with van der Waals surface area (Å²) >= 11 is 0. The number of halogens is 3. The van der Waals surface area contributed by atoms with Crippen LogP contribution in [0.15, 0.2) is 11.0 Å². The summed E-state index contributed by atoms with van der Waals surface area (Å²) in [7, 11) is 0. The Bertz CT molecular complexity index is 741. The van der Waals surface area contributed by atoms with Gasteiger partial charge in [-0.25, -0.2) is 4.79 Å². The van der Waals surface area contributed by atoms with Gasteiger partial charge in [-0.2, -0.15) is 18.2 Å². The van der Waals surface area contributed by atoms with Crippen molar-refractivity contribution in [2.24, 2.45) is 0 Å². The summed E-state index contributed by atoms with van der Waals surface area (Å²) in [6, 6.07) is 0. The van der Waals surface area contributed by atoms with E-state index in [1.54, 1.807) is 5.32 Å². The van der Waals surface area contributed by atoms with E-state index in [4.69, 9.17) is 15.6 Å². The molecule has 0 bridgehead atoms. The van der Waals surface area contributed by atoms with Crippen molar-refractivity contribution in [1.29, 1.82) is 0 Å². The van der Waals surface area contributed by atoms with E-state index >= 15 is 0 Å². The second kappa shape index (κ2) is 8.21. The minimum atomic E-state index is -4.98. The minimum absolute atomic E-state index is 0.0713. The normalized spacial score (nSPS) is 25.6. The number of hydrogen-bond acceptors (Lipinski definition) is 8. The van der Waals surface area contributed by atoms with Gasteiger partial charge < -0.3 is 31.1 Å². The third-order valence-electron chi connectivity index (χ3n) is 4.02. The Kier molecular flexibility index (Phi) is 6.41. The molecule has 1 aliphatic heterocycles. The molecule has 10 nitrogen and oxygen atoms in total. The Morgan fingerprint density at radius 3 is 2.59 bits per heavy atom. The lowest BCUT2D eigenvalue weighted by Crippen LogP contribution is -2.37. The molecule has 0 spiro atoms. The molecule has 1 saturated heterocycles. The van der Waals surface area contributed by atoms with Crippen molar-refractivity contribution in [1.82, 2.24) is 14.9 Å². The maximum atomic E-state index is 12.1. The number of nitrogens with one attached hydrogen (secondary N) is 1. The van der Waals surface area contributed by atoms with Gasteiger partial charge in [0.15, 0.2) is 6.23 Å². The first kappa shape index (κ1) is 21.1. The third kappa shape index (κ3) is 4.74. The highest BCUT2D eigenvalue weighted by Crippen LogP contribution is 2.28. The van der Waals surface area contributed by atoms with Crippen LogP contribution in [0.4, 0.5) is 19.0 Å². The monoisotopic (exact) mass is 396 g/mol. The van der Waals surface area contributed by atoms with Crippen molar-refractivity contribution < 1.29 is 38.0 Å². The molecule has 13 heteroatoms. The maximum Gasteiger partial charge on any atom is 0.471 e. The molecule has 1 unspecified atom stereocenters. The Hall–Kier alpha value is -2.22. The number of nitrogens with zero attached hydrogens (tertiary/aromatic N) is 2. The summed E-state index contributed by atoms with van der Waals surface area (Å²) in [5, 5.41) is 30.6. The van der Waals surface area contributed by atoms with Gasteiger partial charge in [-0.1, -0.05) is 0 Å². The molecule has 1 aromatic rings. The fourth-order valence-electron chi connectivity index (χ4n) is 2.59. The van der Waals surface area contributed by atoms with Gasteiger partial charge in [0, 0.05) is 18.3 Å². The number of aliphatic hydroxyl groups is 3. The number of aryl methyl sites for hydroxylation is 1. The van der Waals surface area contributed by atoms with Crippen molar-refractivity contribution in [2.75, 3.05) is 18.9 Å². The van der Waals surface area contributed by atoms with Crippen LogP contribution in [0.5, 0.6) is 0 Å². The second-order valence-electron chi connectivity index (χ2n) is 5.93. The summed E-state index contributed by atoms with van der Waals surface area (Å²) in [5.74, 6) is -2.23. The van der Waals surface area contributed by atoms with Crippen LogP contribution in [0.25, 0.3) is 0 Å². The molecule has 0 aromatic carbocycles. The van der Waals surface area contributed by atoms with Crippen molar-refractivity contribution in [2.45, 2.75) is 43.6 Å². The molecule has 0 saturated carbocycles. The van der Waals surface area contributed by atoms with Gasteiger partial charge >= 0.3 is 17.8 Å². The fraction of sp³-hybridized carbons (Fsp3) is 0.643. The number of carbonyl (C=O) groups excluding carboxylic acids is 1. The molecule has 1 aliphatic rings. The molecule has 6 N–H and O–H groups in total. The lowest BCUT2D eigenvalue weighted by Gasteiger charge is -2.18. The number of aromatic nitrogens is 2. The Morgan fingerprint density at radius 1 is 1.37 bits per heavy atom. The van der Waals surface area contributed by atoms with E-state index in [0.717, 1.165) is 4.57 Å². The molecule has 0 aliphatic carbocycles. The summed E-state index contributed by atoms with van der Waals surface area (Å²) in [5.41, 5.74) is 5.02. The highest BCUT2D eigenvalue weighted by atomic mass is 19.4. The smallest absolute Gasteiger partial charge is 0.394 e. The van der Waals surface area contributed by atoms with Gasteiger partial charge in [0.05, 0.1) is 6.61 Å². The van der Waals surface area contributed by atoms with Crippen LogP contribution in [-0.4, -0.2) is 68.4 Å². The van der Waals surface area contributed by atoms with Crippen LogP contribution in [0.1, 0.15) is 18.2 Å². The highest BCUT2D eigenvalue weighted by Gasteiger charge is 2.44. The number of nitrogens with two attached hydrogens (primary N) is 1. The van der Waals surface area contributed by atoms with E-state index in [1.807, 2.05) is 0 Å². The number of amides is 1. The molecule has 4 atom stereocenters. The van der Waals surface area contributed by atoms with E-state index in [-0.39, 0.29) is 30.8 Å². The van der Waals surface area contributed by atoms with Crippen LogP contribution in [0.3, 0.4) is 0 Å². The number of hydrogen-bond donors (Lipinski definition) is 5. The third-order valence-corrected chi connectivity index (χ3v) is 4.02. The lowest BCUT2D eigenvalue weighted by molar-refractivity contribution is -0.173. The van der Waals surface area contributed by atoms with Crippen LogP contribution < -0.4 is 16.7 Å². The molecular formula is C14H19F3N4O6. The van der Waals surface area contributed by atoms with E-state index in [9.17, 15) is 33.0 Å². The summed E-state index contributed by atoms with van der Waals surface area (Å²) < 4.78 is 42.4. The van der Waals surface area contributed by atoms with Crippen molar-refractivity contribution in [3.63, 3.8) is 0 Å². The number of anilines is 1. The first-order chi connectivity index (χ1) is 12.6. The molecule has 2 heterocycles. The number of carbonyl (C=O) groups is 1. The highest BCUT2D eigenvalue weighted by molar-refractivity contribution is 5.81. The Labute approximate surface area is 150 Å². The average Bonchev–Trinajstić information content (AvgIpc) is 2.87. The Morgan fingerprint density at radius 2 is 2.04 bits per heavy atom. The molecule has 1 aromatic heterocycles. The number of nitrogen functional groups attached to an aromatic ring is 1. The summed E-state index contributed by atoms with van der Waals surface area (Å²) in [6.45, 7) is -0.873. The van der Waals surface area contributed by atoms with Gasteiger partial charge in [0.2, 0.25) is 0 Å². The number of ether oxygens (including phenoxy) is 1. The number of rotatable bonds is 6. The molecule has 152 valence electrons. The zero-order valence-electron chi connectivity index (χ0n) is 13.9. The first-order valence-electron chi connectivity index (χ1n) is 7.91. The average molecular weight is 396 g/mol. The largest absolute Gasteiger partial charge is 0.471 e. The molecular weight excluding hydrogens is 377 g/mol. The minimum Gasteiger partial charge on any atom is -0.394 e. The molecule has 1 amide bonds. The zero-order chi connectivity index (χ0) is 20.4. The predicted octanol–water partition coefficient (Wildman–Crippen LogP) is -1.95. The van der Waals surface area contributed by atoms with Crippen LogP contribution in [0, 0.1) is 0 Å². The van der Waals surface area contributed by atoms with Crippen molar-refractivity contribution >= 4 is 11.7 Å². The van der Waals surface area contributed by atoms with E-state index in [2.05, 4.69) is 4.98 Å². The van der Waals surface area contributed by atoms with Crippen molar-refractivity contribution in [3.05, 3.63) is 22.2 Å². The van der Waals surface area contributed by atoms with Crippen LogP contribution in [-0.2, 0) is 16.0 Å². The van der Waals surface area contributed by atoms with Gasteiger partial charge in [-0.05, 0) is 12.8 Å².